The van der Waals surface area contributed by atoms with Gasteiger partial charge in [0, 0.05) is 52.1 Å². The van der Waals surface area contributed by atoms with Crippen LogP contribution in [0.5, 0.6) is 0 Å². The van der Waals surface area contributed by atoms with Crippen molar-refractivity contribution >= 4 is 28.9 Å². The van der Waals surface area contributed by atoms with Crippen LogP contribution >= 0.6 is 0 Å². The Labute approximate surface area is 205 Å². The second kappa shape index (κ2) is 10.8. The number of aromatic nitrogens is 2. The number of nitrogens with one attached hydrogen (secondary N) is 2. The number of aromatic amines is 1. The maximum absolute atomic E-state index is 13.5. The molecule has 186 valence electrons. The number of aryl methyl sites for hydroxylation is 3. The average Bonchev–Trinajstić information content (AvgIpc) is 3.12. The largest absolute Gasteiger partial charge is 0.478 e. The zero-order valence-corrected chi connectivity index (χ0v) is 21.4. The van der Waals surface area contributed by atoms with Gasteiger partial charge in [0.1, 0.15) is 0 Å². The zero-order chi connectivity index (χ0) is 25.9. The molecular formula is C28H35N3O4. The lowest BCUT2D eigenvalue weighted by Crippen LogP contribution is -2.28. The third-order valence-electron chi connectivity index (χ3n) is 6.25. The van der Waals surface area contributed by atoms with Gasteiger partial charge in [-0.05, 0) is 81.5 Å². The first-order valence-corrected chi connectivity index (χ1v) is 12.2. The van der Waals surface area contributed by atoms with Gasteiger partial charge in [-0.3, -0.25) is 9.59 Å². The van der Waals surface area contributed by atoms with Crippen LogP contribution in [0.15, 0.2) is 34.8 Å². The van der Waals surface area contributed by atoms with Crippen molar-refractivity contribution < 1.29 is 14.7 Å². The number of carboxylic acid groups (broad SMARTS) is 1. The number of pyridine rings is 1. The maximum atomic E-state index is 13.5. The van der Waals surface area contributed by atoms with Crippen molar-refractivity contribution in [3.05, 3.63) is 73.8 Å². The van der Waals surface area contributed by atoms with Crippen molar-refractivity contribution in [2.24, 2.45) is 0 Å². The molecular weight excluding hydrogens is 442 g/mol. The number of hydrogen-bond donors (Lipinski definition) is 3. The molecule has 3 N–H and O–H groups in total. The van der Waals surface area contributed by atoms with Crippen molar-refractivity contribution in [3.8, 4) is 0 Å². The van der Waals surface area contributed by atoms with Gasteiger partial charge in [0.2, 0.25) is 0 Å². The van der Waals surface area contributed by atoms with Crippen LogP contribution in [0.1, 0.15) is 84.9 Å². The fourth-order valence-corrected chi connectivity index (χ4v) is 4.55. The molecule has 7 nitrogen and oxygen atoms in total. The number of hydrogen-bond acceptors (Lipinski definition) is 3. The van der Waals surface area contributed by atoms with Crippen molar-refractivity contribution in [1.29, 1.82) is 0 Å². The van der Waals surface area contributed by atoms with E-state index in [1.165, 1.54) is 0 Å². The molecule has 0 unspecified atom stereocenters. The number of carbonyl (C=O) groups excluding carboxylic acids is 1. The minimum Gasteiger partial charge on any atom is -0.478 e. The van der Waals surface area contributed by atoms with Crippen molar-refractivity contribution in [3.63, 3.8) is 0 Å². The third-order valence-corrected chi connectivity index (χ3v) is 6.25. The molecule has 0 atom stereocenters. The van der Waals surface area contributed by atoms with E-state index in [4.69, 9.17) is 0 Å². The van der Waals surface area contributed by atoms with E-state index in [1.54, 1.807) is 19.1 Å². The van der Waals surface area contributed by atoms with E-state index in [9.17, 15) is 19.5 Å². The van der Waals surface area contributed by atoms with Crippen molar-refractivity contribution in [2.75, 3.05) is 0 Å². The molecule has 0 saturated heterocycles. The molecule has 1 amide bonds. The third kappa shape index (κ3) is 5.56. The van der Waals surface area contributed by atoms with Gasteiger partial charge >= 0.3 is 5.97 Å². The van der Waals surface area contributed by atoms with Crippen LogP contribution in [-0.2, 0) is 17.8 Å². The summed E-state index contributed by atoms with van der Waals surface area (Å²) in [6, 6.07) is 5.79. The van der Waals surface area contributed by atoms with E-state index in [1.807, 2.05) is 32.2 Å². The number of amides is 1. The molecule has 0 fully saturated rings. The van der Waals surface area contributed by atoms with Crippen molar-refractivity contribution in [1.82, 2.24) is 14.9 Å². The fraction of sp³-hybridized carbons (Fsp3) is 0.393. The second-order valence-electron chi connectivity index (χ2n) is 9.32. The SMILES string of the molecule is CCCc1cc(C)[nH]c(=O)c1CNC(=O)c1cc(C=C(CC)C(=O)O)cc2c1c(C)cn2C(C)C. The Hall–Kier alpha value is -3.61. The number of benzene rings is 1. The van der Waals surface area contributed by atoms with Crippen LogP contribution in [0, 0.1) is 13.8 Å². The monoisotopic (exact) mass is 477 g/mol. The number of carbonyl (C=O) groups is 2. The summed E-state index contributed by atoms with van der Waals surface area (Å²) in [6.07, 6.45) is 5.66. The lowest BCUT2D eigenvalue weighted by Gasteiger charge is -2.14. The van der Waals surface area contributed by atoms with E-state index in [2.05, 4.69) is 35.6 Å². The number of nitrogens with zero attached hydrogens (tertiary/aromatic N) is 1. The topological polar surface area (TPSA) is 104 Å². The van der Waals surface area contributed by atoms with Gasteiger partial charge in [0.15, 0.2) is 0 Å². The first kappa shape index (κ1) is 26.0. The molecule has 0 aliphatic heterocycles. The van der Waals surface area contributed by atoms with Crippen LogP contribution in [0.2, 0.25) is 0 Å². The molecule has 35 heavy (non-hydrogen) atoms. The maximum Gasteiger partial charge on any atom is 0.331 e. The van der Waals surface area contributed by atoms with Gasteiger partial charge in [0.25, 0.3) is 11.5 Å². The number of aliphatic carboxylic acids is 1. The minimum atomic E-state index is -0.976. The summed E-state index contributed by atoms with van der Waals surface area (Å²) in [7, 11) is 0. The summed E-state index contributed by atoms with van der Waals surface area (Å²) in [4.78, 5) is 40.6. The van der Waals surface area contributed by atoms with Gasteiger partial charge < -0.3 is 20.0 Å². The van der Waals surface area contributed by atoms with Gasteiger partial charge in [-0.2, -0.15) is 0 Å². The smallest absolute Gasteiger partial charge is 0.331 e. The number of H-pyrrole nitrogens is 1. The minimum absolute atomic E-state index is 0.116. The predicted octanol–water partition coefficient (Wildman–Crippen LogP) is 5.29. The highest BCUT2D eigenvalue weighted by Crippen LogP contribution is 2.30. The summed E-state index contributed by atoms with van der Waals surface area (Å²) >= 11 is 0. The Morgan fingerprint density at radius 1 is 1.17 bits per heavy atom. The van der Waals surface area contributed by atoms with Gasteiger partial charge in [-0.1, -0.05) is 20.3 Å². The quantitative estimate of drug-likeness (QED) is 0.364. The summed E-state index contributed by atoms with van der Waals surface area (Å²) in [5, 5.41) is 13.3. The van der Waals surface area contributed by atoms with Gasteiger partial charge in [-0.15, -0.1) is 0 Å². The highest BCUT2D eigenvalue weighted by atomic mass is 16.4. The van der Waals surface area contributed by atoms with E-state index < -0.39 is 5.97 Å². The highest BCUT2D eigenvalue weighted by Gasteiger charge is 2.19. The summed E-state index contributed by atoms with van der Waals surface area (Å²) in [6.45, 7) is 11.9. The molecule has 3 rings (SSSR count). The van der Waals surface area contributed by atoms with Crippen LogP contribution < -0.4 is 10.9 Å². The molecule has 3 aromatic rings. The highest BCUT2D eigenvalue weighted by molar-refractivity contribution is 6.09. The molecule has 0 bridgehead atoms. The summed E-state index contributed by atoms with van der Waals surface area (Å²) in [5.41, 5.74) is 5.33. The van der Waals surface area contributed by atoms with E-state index in [0.29, 0.717) is 23.1 Å². The van der Waals surface area contributed by atoms with Gasteiger partial charge in [-0.25, -0.2) is 4.79 Å². The molecule has 2 aromatic heterocycles. The first-order chi connectivity index (χ1) is 16.6. The van der Waals surface area contributed by atoms with Crippen LogP contribution in [-0.4, -0.2) is 26.5 Å². The number of rotatable bonds is 9. The second-order valence-corrected chi connectivity index (χ2v) is 9.32. The zero-order valence-electron chi connectivity index (χ0n) is 21.4. The molecule has 0 saturated carbocycles. The first-order valence-electron chi connectivity index (χ1n) is 12.2. The molecule has 2 heterocycles. The predicted molar refractivity (Wildman–Crippen MR) is 140 cm³/mol. The molecule has 0 aliphatic carbocycles. The van der Waals surface area contributed by atoms with E-state index in [-0.39, 0.29) is 29.6 Å². The van der Waals surface area contributed by atoms with Crippen LogP contribution in [0.3, 0.4) is 0 Å². The van der Waals surface area contributed by atoms with E-state index >= 15 is 0 Å². The Morgan fingerprint density at radius 2 is 1.89 bits per heavy atom. The van der Waals surface area contributed by atoms with Gasteiger partial charge in [0.05, 0.1) is 0 Å². The fourth-order valence-electron chi connectivity index (χ4n) is 4.55. The molecule has 0 radical (unpaired) electrons. The Kier molecular flexibility index (Phi) is 7.99. The lowest BCUT2D eigenvalue weighted by atomic mass is 10.00. The Balaban J connectivity index is 2.10. The summed E-state index contributed by atoms with van der Waals surface area (Å²) < 4.78 is 2.09. The molecule has 7 heteroatoms. The van der Waals surface area contributed by atoms with E-state index in [0.717, 1.165) is 40.6 Å². The number of fused-ring (bicyclic) bond motifs is 1. The lowest BCUT2D eigenvalue weighted by molar-refractivity contribution is -0.132. The standard InChI is InChI=1S/C28H35N3O4/c1-7-9-21-10-18(6)30-27(33)23(21)14-29-26(32)22-12-19(11-20(8-2)28(34)35)13-24-25(22)17(5)15-31(24)16(3)4/h10-13,15-16H,7-9,14H2,1-6H3,(H,29,32)(H,30,33)(H,34,35). The molecule has 0 spiro atoms. The van der Waals surface area contributed by atoms with Crippen molar-refractivity contribution in [2.45, 2.75) is 73.4 Å². The number of carboxylic acids is 1. The molecule has 0 aliphatic rings. The normalized spacial score (nSPS) is 11.9. The summed E-state index contributed by atoms with van der Waals surface area (Å²) in [5.74, 6) is -1.28. The average molecular weight is 478 g/mol. The Bertz CT molecular complexity index is 1360. The molecule has 1 aromatic carbocycles. The van der Waals surface area contributed by atoms with Crippen LogP contribution in [0.4, 0.5) is 0 Å². The Morgan fingerprint density at radius 3 is 2.49 bits per heavy atom. The van der Waals surface area contributed by atoms with Crippen LogP contribution in [0.25, 0.3) is 17.0 Å².